The number of carbonyl (C=O) groups excluding carboxylic acids is 3. The summed E-state index contributed by atoms with van der Waals surface area (Å²) in [5.74, 6) is -0.372. The quantitative estimate of drug-likeness (QED) is 0.724. The van der Waals surface area contributed by atoms with E-state index in [0.29, 0.717) is 42.8 Å². The normalized spacial score (nSPS) is 19.1. The second kappa shape index (κ2) is 8.37. The number of hydrogen-bond donors (Lipinski definition) is 2. The lowest BCUT2D eigenvalue weighted by Crippen LogP contribution is -2.49. The third kappa shape index (κ3) is 4.21. The van der Waals surface area contributed by atoms with Crippen LogP contribution in [0, 0.1) is 0 Å². The van der Waals surface area contributed by atoms with Gasteiger partial charge in [-0.3, -0.25) is 14.4 Å². The van der Waals surface area contributed by atoms with Crippen LogP contribution < -0.4 is 10.6 Å². The number of benzene rings is 1. The van der Waals surface area contributed by atoms with Crippen molar-refractivity contribution >= 4 is 23.4 Å². The van der Waals surface area contributed by atoms with Gasteiger partial charge in [0.05, 0.1) is 0 Å². The third-order valence-corrected chi connectivity index (χ3v) is 5.23. The number of unbranched alkanes of at least 4 members (excludes halogenated alkanes) is 3. The number of carbonyl (C=O) groups is 3. The average molecular weight is 369 g/mol. The molecule has 0 spiro atoms. The van der Waals surface area contributed by atoms with Crippen molar-refractivity contribution in [3.8, 4) is 0 Å². The maximum Gasteiger partial charge on any atom is 0.255 e. The van der Waals surface area contributed by atoms with E-state index in [1.807, 2.05) is 6.07 Å². The maximum atomic E-state index is 12.8. The van der Waals surface area contributed by atoms with Crippen molar-refractivity contribution in [2.75, 3.05) is 5.32 Å². The Hall–Kier alpha value is -2.63. The molecule has 0 bridgehead atoms. The summed E-state index contributed by atoms with van der Waals surface area (Å²) < 4.78 is 0. The highest BCUT2D eigenvalue weighted by Gasteiger charge is 2.39. The van der Waals surface area contributed by atoms with Gasteiger partial charge < -0.3 is 15.5 Å². The first-order chi connectivity index (χ1) is 13.0. The Labute approximate surface area is 160 Å². The van der Waals surface area contributed by atoms with E-state index in [2.05, 4.69) is 24.1 Å². The van der Waals surface area contributed by atoms with Gasteiger partial charge in [-0.15, -0.1) is 0 Å². The van der Waals surface area contributed by atoms with Crippen LogP contribution in [0.1, 0.15) is 67.8 Å². The van der Waals surface area contributed by atoms with Crippen LogP contribution in [0.5, 0.6) is 0 Å². The van der Waals surface area contributed by atoms with Gasteiger partial charge in [0.1, 0.15) is 6.04 Å². The van der Waals surface area contributed by atoms with Gasteiger partial charge in [0.25, 0.3) is 5.91 Å². The first-order valence-electron chi connectivity index (χ1n) is 9.72. The van der Waals surface area contributed by atoms with Crippen molar-refractivity contribution < 1.29 is 14.4 Å². The van der Waals surface area contributed by atoms with Gasteiger partial charge in [0, 0.05) is 35.5 Å². The first kappa shape index (κ1) is 19.1. The van der Waals surface area contributed by atoms with E-state index in [1.54, 1.807) is 17.0 Å². The van der Waals surface area contributed by atoms with Crippen LogP contribution >= 0.6 is 0 Å². The summed E-state index contributed by atoms with van der Waals surface area (Å²) in [5.41, 5.74) is 2.72. The number of hydrogen-bond acceptors (Lipinski definition) is 3. The second-order valence-corrected chi connectivity index (χ2v) is 7.27. The lowest BCUT2D eigenvalue weighted by molar-refractivity contribution is -0.126. The Morgan fingerprint density at radius 1 is 1.30 bits per heavy atom. The summed E-state index contributed by atoms with van der Waals surface area (Å²) >= 11 is 0. The van der Waals surface area contributed by atoms with Crippen molar-refractivity contribution in [2.24, 2.45) is 0 Å². The molecule has 1 unspecified atom stereocenters. The maximum absolute atomic E-state index is 12.8. The Morgan fingerprint density at radius 2 is 2.11 bits per heavy atom. The topological polar surface area (TPSA) is 78.5 Å². The molecule has 0 radical (unpaired) electrons. The molecule has 27 heavy (non-hydrogen) atoms. The summed E-state index contributed by atoms with van der Waals surface area (Å²) in [6.07, 6.45) is 5.90. The molecule has 1 fully saturated rings. The molecule has 2 aliphatic heterocycles. The average Bonchev–Trinajstić information content (AvgIpc) is 2.97. The molecule has 1 aromatic rings. The molecule has 6 nitrogen and oxygen atoms in total. The van der Waals surface area contributed by atoms with Gasteiger partial charge in [-0.25, -0.2) is 0 Å². The monoisotopic (exact) mass is 369 g/mol. The summed E-state index contributed by atoms with van der Waals surface area (Å²) in [6, 6.07) is 4.86. The van der Waals surface area contributed by atoms with Gasteiger partial charge in [0.2, 0.25) is 11.8 Å². The standard InChI is InChI=1S/C21H27N3O3/c1-3-4-5-6-10-19(25)23-17-9-7-8-15-16(17)13-24(21(15)27)18-12-11-14(2)22-20(18)26/h7-9,18H,2-6,10-13H2,1H3,(H,22,26)(H,23,25). The fourth-order valence-electron chi connectivity index (χ4n) is 3.71. The number of piperidine rings is 1. The molecular formula is C21H27N3O3. The smallest absolute Gasteiger partial charge is 0.255 e. The predicted molar refractivity (Wildman–Crippen MR) is 104 cm³/mol. The molecule has 1 atom stereocenters. The molecule has 1 aromatic carbocycles. The molecule has 3 rings (SSSR count). The van der Waals surface area contributed by atoms with Gasteiger partial charge in [-0.1, -0.05) is 38.8 Å². The van der Waals surface area contributed by atoms with Crippen LogP contribution in [0.2, 0.25) is 0 Å². The number of rotatable bonds is 7. The molecular weight excluding hydrogens is 342 g/mol. The molecule has 1 saturated heterocycles. The zero-order valence-electron chi connectivity index (χ0n) is 15.8. The molecule has 0 aromatic heterocycles. The largest absolute Gasteiger partial charge is 0.329 e. The predicted octanol–water partition coefficient (Wildman–Crippen LogP) is 3.34. The van der Waals surface area contributed by atoms with Crippen molar-refractivity contribution in [3.63, 3.8) is 0 Å². The minimum atomic E-state index is -0.493. The Morgan fingerprint density at radius 3 is 2.85 bits per heavy atom. The molecule has 2 heterocycles. The molecule has 2 aliphatic rings. The number of allylic oxidation sites excluding steroid dienone is 1. The van der Waals surface area contributed by atoms with Crippen LogP contribution in [0.25, 0.3) is 0 Å². The number of anilines is 1. The first-order valence-corrected chi connectivity index (χ1v) is 9.72. The summed E-state index contributed by atoms with van der Waals surface area (Å²) in [5, 5.41) is 5.69. The zero-order chi connectivity index (χ0) is 19.4. The van der Waals surface area contributed by atoms with E-state index < -0.39 is 6.04 Å². The molecule has 0 saturated carbocycles. The number of amides is 3. The van der Waals surface area contributed by atoms with E-state index in [4.69, 9.17) is 0 Å². The van der Waals surface area contributed by atoms with E-state index in [9.17, 15) is 14.4 Å². The number of nitrogens with one attached hydrogen (secondary N) is 2. The minimum absolute atomic E-state index is 0.0305. The van der Waals surface area contributed by atoms with Crippen LogP contribution in [-0.2, 0) is 16.1 Å². The van der Waals surface area contributed by atoms with Gasteiger partial charge in [-0.05, 0) is 31.4 Å². The summed E-state index contributed by atoms with van der Waals surface area (Å²) in [7, 11) is 0. The van der Waals surface area contributed by atoms with Crippen molar-refractivity contribution in [1.29, 1.82) is 0 Å². The van der Waals surface area contributed by atoms with Crippen molar-refractivity contribution in [2.45, 2.75) is 64.5 Å². The minimum Gasteiger partial charge on any atom is -0.329 e. The van der Waals surface area contributed by atoms with Gasteiger partial charge in [0.15, 0.2) is 0 Å². The molecule has 6 heteroatoms. The Balaban J connectivity index is 1.69. The highest BCUT2D eigenvalue weighted by atomic mass is 16.2. The van der Waals surface area contributed by atoms with E-state index in [-0.39, 0.29) is 17.7 Å². The lowest BCUT2D eigenvalue weighted by Gasteiger charge is -2.31. The van der Waals surface area contributed by atoms with Crippen LogP contribution in [0.4, 0.5) is 5.69 Å². The fraction of sp³-hybridized carbons (Fsp3) is 0.476. The summed E-state index contributed by atoms with van der Waals surface area (Å²) in [6.45, 7) is 6.26. The van der Waals surface area contributed by atoms with Gasteiger partial charge in [-0.2, -0.15) is 0 Å². The van der Waals surface area contributed by atoms with Crippen molar-refractivity contribution in [3.05, 3.63) is 41.6 Å². The van der Waals surface area contributed by atoms with Crippen LogP contribution in [-0.4, -0.2) is 28.7 Å². The highest BCUT2D eigenvalue weighted by molar-refractivity contribution is 6.04. The van der Waals surface area contributed by atoms with Crippen LogP contribution in [0.3, 0.4) is 0 Å². The number of nitrogens with zero attached hydrogens (tertiary/aromatic N) is 1. The zero-order valence-corrected chi connectivity index (χ0v) is 15.8. The summed E-state index contributed by atoms with van der Waals surface area (Å²) in [4.78, 5) is 38.9. The van der Waals surface area contributed by atoms with Gasteiger partial charge >= 0.3 is 0 Å². The SMILES string of the molecule is C=C1CCC(N2Cc3c(NC(=O)CCCCCC)cccc3C2=O)C(=O)N1. The van der Waals surface area contributed by atoms with E-state index in [0.717, 1.165) is 31.2 Å². The fourth-order valence-corrected chi connectivity index (χ4v) is 3.71. The molecule has 2 N–H and O–H groups in total. The Kier molecular flexibility index (Phi) is 5.94. The lowest BCUT2D eigenvalue weighted by atomic mass is 10.0. The van der Waals surface area contributed by atoms with Crippen LogP contribution in [0.15, 0.2) is 30.5 Å². The van der Waals surface area contributed by atoms with E-state index in [1.165, 1.54) is 0 Å². The molecule has 144 valence electrons. The molecule has 0 aliphatic carbocycles. The third-order valence-electron chi connectivity index (χ3n) is 5.23. The molecule has 3 amide bonds. The Bertz CT molecular complexity index is 772. The highest BCUT2D eigenvalue weighted by Crippen LogP contribution is 2.32. The number of fused-ring (bicyclic) bond motifs is 1. The van der Waals surface area contributed by atoms with Crippen molar-refractivity contribution in [1.82, 2.24) is 10.2 Å². The second-order valence-electron chi connectivity index (χ2n) is 7.27. The van der Waals surface area contributed by atoms with E-state index >= 15 is 0 Å².